The number of rotatable bonds is 2. The molecule has 7 heteroatoms. The molecule has 1 saturated heterocycles. The lowest BCUT2D eigenvalue weighted by molar-refractivity contribution is 0.0740. The second-order valence-electron chi connectivity index (χ2n) is 5.62. The summed E-state index contributed by atoms with van der Waals surface area (Å²) in [5.41, 5.74) is 2.11. The molecule has 0 bridgehead atoms. The van der Waals surface area contributed by atoms with E-state index in [1.165, 1.54) is 6.07 Å². The van der Waals surface area contributed by atoms with Crippen molar-refractivity contribution in [1.82, 2.24) is 19.9 Å². The van der Waals surface area contributed by atoms with Crippen molar-refractivity contribution in [2.75, 3.05) is 31.1 Å². The van der Waals surface area contributed by atoms with Crippen LogP contribution in [0.5, 0.6) is 0 Å². The van der Waals surface area contributed by atoms with E-state index in [2.05, 4.69) is 19.9 Å². The molecule has 7 nitrogen and oxygen atoms in total. The van der Waals surface area contributed by atoms with Gasteiger partial charge in [0.25, 0.3) is 5.91 Å². The largest absolute Gasteiger partial charge is 0.353 e. The lowest BCUT2D eigenvalue weighted by Gasteiger charge is -2.36. The topological polar surface area (TPSA) is 82.2 Å². The van der Waals surface area contributed by atoms with Crippen molar-refractivity contribution in [2.45, 2.75) is 13.8 Å². The monoisotopic (exact) mass is 313 g/mol. The third kappa shape index (κ3) is 3.08. The van der Waals surface area contributed by atoms with Gasteiger partial charge in [0.15, 0.2) is 0 Å². The molecule has 2 aromatic heterocycles. The van der Waals surface area contributed by atoms with E-state index in [0.717, 1.165) is 17.1 Å². The normalized spacial score (nSPS) is 14.9. The summed E-state index contributed by atoms with van der Waals surface area (Å²) in [6, 6.07) is 4.62. The molecule has 120 valence electrons. The van der Waals surface area contributed by atoms with E-state index in [-0.39, 0.29) is 11.5 Å². The molecule has 0 unspecified atom stereocenters. The summed E-state index contributed by atoms with van der Waals surface area (Å²) in [5, 5.41) is 0. The average Bonchev–Trinajstić information content (AvgIpc) is 2.57. The molecule has 0 atom stereocenters. The predicted molar refractivity (Wildman–Crippen MR) is 86.7 cm³/mol. The Hall–Kier alpha value is -2.70. The molecule has 23 heavy (non-hydrogen) atoms. The quantitative estimate of drug-likeness (QED) is 0.884. The van der Waals surface area contributed by atoms with Crippen molar-refractivity contribution >= 4 is 11.7 Å². The van der Waals surface area contributed by atoms with Gasteiger partial charge in [-0.15, -0.1) is 0 Å². The number of nitrogens with one attached hydrogen (secondary N) is 1. The zero-order valence-corrected chi connectivity index (χ0v) is 13.2. The van der Waals surface area contributed by atoms with Gasteiger partial charge in [-0.25, -0.2) is 9.97 Å². The Bertz CT molecular complexity index is 778. The Labute approximate surface area is 134 Å². The fraction of sp³-hybridized carbons (Fsp3) is 0.375. The maximum atomic E-state index is 12.4. The van der Waals surface area contributed by atoms with Crippen LogP contribution in [0.1, 0.15) is 21.7 Å². The SMILES string of the molecule is Cc1ncnc(N2CCN(C(=O)c3cccc(=O)[nH]3)CC2)c1C. The predicted octanol–water partition coefficient (Wildman–Crippen LogP) is 0.744. The third-order valence-corrected chi connectivity index (χ3v) is 4.17. The van der Waals surface area contributed by atoms with Gasteiger partial charge in [-0.1, -0.05) is 6.07 Å². The summed E-state index contributed by atoms with van der Waals surface area (Å²) in [7, 11) is 0. The minimum absolute atomic E-state index is 0.141. The minimum Gasteiger partial charge on any atom is -0.353 e. The van der Waals surface area contributed by atoms with Gasteiger partial charge in [-0.2, -0.15) is 0 Å². The zero-order valence-electron chi connectivity index (χ0n) is 13.2. The number of piperazine rings is 1. The zero-order chi connectivity index (χ0) is 16.4. The van der Waals surface area contributed by atoms with E-state index < -0.39 is 0 Å². The Morgan fingerprint density at radius 3 is 2.57 bits per heavy atom. The highest BCUT2D eigenvalue weighted by Crippen LogP contribution is 2.20. The van der Waals surface area contributed by atoms with Crippen molar-refractivity contribution in [3.05, 3.63) is 51.8 Å². The molecule has 0 radical (unpaired) electrons. The number of carbonyl (C=O) groups is 1. The smallest absolute Gasteiger partial charge is 0.270 e. The van der Waals surface area contributed by atoms with E-state index in [4.69, 9.17) is 0 Å². The van der Waals surface area contributed by atoms with Crippen LogP contribution in [0.4, 0.5) is 5.82 Å². The number of H-pyrrole nitrogens is 1. The van der Waals surface area contributed by atoms with Crippen LogP contribution in [0.3, 0.4) is 0 Å². The molecular formula is C16H19N5O2. The van der Waals surface area contributed by atoms with Gasteiger partial charge in [0.2, 0.25) is 5.56 Å². The van der Waals surface area contributed by atoms with Gasteiger partial charge in [-0.3, -0.25) is 9.59 Å². The van der Waals surface area contributed by atoms with E-state index >= 15 is 0 Å². The summed E-state index contributed by atoms with van der Waals surface area (Å²) in [4.78, 5) is 38.8. The van der Waals surface area contributed by atoms with Crippen molar-refractivity contribution in [3.8, 4) is 0 Å². The first kappa shape index (κ1) is 15.2. The van der Waals surface area contributed by atoms with Gasteiger partial charge in [0.05, 0.1) is 0 Å². The Kier molecular flexibility index (Phi) is 4.10. The number of aromatic nitrogens is 3. The molecule has 1 aliphatic rings. The Morgan fingerprint density at radius 1 is 1.13 bits per heavy atom. The maximum absolute atomic E-state index is 12.4. The number of aryl methyl sites for hydroxylation is 1. The molecule has 1 amide bonds. The molecule has 0 spiro atoms. The summed E-state index contributed by atoms with van der Waals surface area (Å²) in [6.07, 6.45) is 1.57. The van der Waals surface area contributed by atoms with E-state index in [0.29, 0.717) is 31.9 Å². The molecule has 0 saturated carbocycles. The molecule has 0 aliphatic carbocycles. The number of hydrogen-bond donors (Lipinski definition) is 1. The lowest BCUT2D eigenvalue weighted by atomic mass is 10.2. The van der Waals surface area contributed by atoms with Gasteiger partial charge in [0, 0.05) is 43.5 Å². The molecule has 3 rings (SSSR count). The van der Waals surface area contributed by atoms with Gasteiger partial charge >= 0.3 is 0 Å². The first-order valence-corrected chi connectivity index (χ1v) is 7.58. The molecule has 0 aromatic carbocycles. The average molecular weight is 313 g/mol. The van der Waals surface area contributed by atoms with Gasteiger partial charge in [-0.05, 0) is 19.9 Å². The fourth-order valence-corrected chi connectivity index (χ4v) is 2.71. The number of carbonyl (C=O) groups excluding carboxylic acids is 1. The van der Waals surface area contributed by atoms with E-state index in [9.17, 15) is 9.59 Å². The van der Waals surface area contributed by atoms with Crippen LogP contribution in [0.15, 0.2) is 29.3 Å². The lowest BCUT2D eigenvalue weighted by Crippen LogP contribution is -2.49. The maximum Gasteiger partial charge on any atom is 0.270 e. The van der Waals surface area contributed by atoms with E-state index in [1.54, 1.807) is 23.4 Å². The van der Waals surface area contributed by atoms with Gasteiger partial charge in [0.1, 0.15) is 17.8 Å². The van der Waals surface area contributed by atoms with Crippen LogP contribution >= 0.6 is 0 Å². The standard InChI is InChI=1S/C16H19N5O2/c1-11-12(2)17-10-18-15(11)20-6-8-21(9-7-20)16(23)13-4-3-5-14(22)19-13/h3-5,10H,6-9H2,1-2H3,(H,19,22). The van der Waals surface area contributed by atoms with Crippen LogP contribution in [0, 0.1) is 13.8 Å². The first-order chi connectivity index (χ1) is 11.1. The summed E-state index contributed by atoms with van der Waals surface area (Å²) in [5.74, 6) is 0.788. The highest BCUT2D eigenvalue weighted by molar-refractivity contribution is 5.92. The molecule has 1 aliphatic heterocycles. The second-order valence-corrected chi connectivity index (χ2v) is 5.62. The van der Waals surface area contributed by atoms with Crippen molar-refractivity contribution in [3.63, 3.8) is 0 Å². The number of aromatic amines is 1. The van der Waals surface area contributed by atoms with Crippen molar-refractivity contribution < 1.29 is 4.79 Å². The third-order valence-electron chi connectivity index (χ3n) is 4.17. The summed E-state index contributed by atoms with van der Waals surface area (Å²) in [6.45, 7) is 6.58. The van der Waals surface area contributed by atoms with E-state index in [1.807, 2.05) is 13.8 Å². The highest BCUT2D eigenvalue weighted by Gasteiger charge is 2.24. The Balaban J connectivity index is 1.70. The molecular weight excluding hydrogens is 294 g/mol. The summed E-state index contributed by atoms with van der Waals surface area (Å²) >= 11 is 0. The van der Waals surface area contributed by atoms with Gasteiger partial charge < -0.3 is 14.8 Å². The minimum atomic E-state index is -0.262. The van der Waals surface area contributed by atoms with Crippen molar-refractivity contribution in [1.29, 1.82) is 0 Å². The number of anilines is 1. The molecule has 1 fully saturated rings. The van der Waals surface area contributed by atoms with Crippen LogP contribution in [0.2, 0.25) is 0 Å². The molecule has 3 heterocycles. The number of hydrogen-bond acceptors (Lipinski definition) is 5. The van der Waals surface area contributed by atoms with Crippen LogP contribution in [-0.4, -0.2) is 51.9 Å². The summed E-state index contributed by atoms with van der Waals surface area (Å²) < 4.78 is 0. The number of nitrogens with zero attached hydrogens (tertiary/aromatic N) is 4. The second kappa shape index (κ2) is 6.20. The van der Waals surface area contributed by atoms with Crippen LogP contribution in [-0.2, 0) is 0 Å². The molecule has 1 N–H and O–H groups in total. The fourth-order valence-electron chi connectivity index (χ4n) is 2.71. The highest BCUT2D eigenvalue weighted by atomic mass is 16.2. The van der Waals surface area contributed by atoms with Crippen LogP contribution < -0.4 is 10.5 Å². The number of pyridine rings is 1. The Morgan fingerprint density at radius 2 is 1.87 bits per heavy atom. The van der Waals surface area contributed by atoms with Crippen molar-refractivity contribution in [2.24, 2.45) is 0 Å². The molecule has 2 aromatic rings. The number of amides is 1. The first-order valence-electron chi connectivity index (χ1n) is 7.58. The van der Waals surface area contributed by atoms with Crippen LogP contribution in [0.25, 0.3) is 0 Å².